The molecule has 0 saturated heterocycles. The van der Waals surface area contributed by atoms with Gasteiger partial charge in [-0.1, -0.05) is 18.2 Å². The zero-order chi connectivity index (χ0) is 11.3. The maximum atomic E-state index is 5.46. The molecule has 0 fully saturated rings. The van der Waals surface area contributed by atoms with Crippen LogP contribution in [0.4, 0.5) is 0 Å². The minimum absolute atomic E-state index is 0.413. The quantitative estimate of drug-likeness (QED) is 0.725. The summed E-state index contributed by atoms with van der Waals surface area (Å²) in [5.41, 5.74) is 9.53. The van der Waals surface area contributed by atoms with Crippen molar-refractivity contribution < 1.29 is 0 Å². The highest BCUT2D eigenvalue weighted by Crippen LogP contribution is 2.16. The highest BCUT2D eigenvalue weighted by Gasteiger charge is 2.04. The molecule has 1 aromatic carbocycles. The van der Waals surface area contributed by atoms with Gasteiger partial charge in [-0.15, -0.1) is 0 Å². The molecule has 0 heterocycles. The minimum Gasteiger partial charge on any atom is -0.330 e. The molecule has 0 aliphatic carbocycles. The number of nitrogens with two attached hydrogens (primary N) is 1. The average molecular weight is 206 g/mol. The van der Waals surface area contributed by atoms with Crippen molar-refractivity contribution in [3.63, 3.8) is 0 Å². The Morgan fingerprint density at radius 2 is 2.00 bits per heavy atom. The Kier molecular flexibility index (Phi) is 4.79. The molecule has 84 valence electrons. The summed E-state index contributed by atoms with van der Waals surface area (Å²) in [4.78, 5) is 0. The number of hydrogen-bond acceptors (Lipinski definition) is 2. The van der Waals surface area contributed by atoms with Crippen LogP contribution in [-0.2, 0) is 0 Å². The van der Waals surface area contributed by atoms with Crippen LogP contribution in [0.15, 0.2) is 18.2 Å². The molecule has 2 nitrogen and oxygen atoms in total. The van der Waals surface area contributed by atoms with Gasteiger partial charge in [0.25, 0.3) is 0 Å². The highest BCUT2D eigenvalue weighted by atomic mass is 14.9. The number of aryl methyl sites for hydroxylation is 2. The van der Waals surface area contributed by atoms with Gasteiger partial charge in [0.2, 0.25) is 0 Å². The number of hydrogen-bond donors (Lipinski definition) is 2. The van der Waals surface area contributed by atoms with E-state index in [2.05, 4.69) is 44.3 Å². The van der Waals surface area contributed by atoms with Crippen LogP contribution < -0.4 is 11.1 Å². The molecule has 1 aromatic rings. The summed E-state index contributed by atoms with van der Waals surface area (Å²) in [6, 6.07) is 7.06. The van der Waals surface area contributed by atoms with Gasteiger partial charge >= 0.3 is 0 Å². The lowest BCUT2D eigenvalue weighted by atomic mass is 10.0. The van der Waals surface area contributed by atoms with Crippen LogP contribution in [0.5, 0.6) is 0 Å². The van der Waals surface area contributed by atoms with E-state index in [-0.39, 0.29) is 0 Å². The Bertz CT molecular complexity index is 307. The van der Waals surface area contributed by atoms with Gasteiger partial charge in [-0.2, -0.15) is 0 Å². The van der Waals surface area contributed by atoms with E-state index in [1.807, 2.05) is 0 Å². The zero-order valence-electron chi connectivity index (χ0n) is 10.0. The molecule has 0 amide bonds. The molecule has 0 bridgehead atoms. The molecule has 0 radical (unpaired) electrons. The van der Waals surface area contributed by atoms with Crippen molar-refractivity contribution in [2.24, 2.45) is 5.73 Å². The Labute approximate surface area is 92.9 Å². The van der Waals surface area contributed by atoms with E-state index in [1.165, 1.54) is 16.7 Å². The lowest BCUT2D eigenvalue weighted by Gasteiger charge is -2.15. The van der Waals surface area contributed by atoms with E-state index < -0.39 is 0 Å². The molecule has 15 heavy (non-hydrogen) atoms. The summed E-state index contributed by atoms with van der Waals surface area (Å²) in [5, 5.41) is 3.47. The second-order valence-corrected chi connectivity index (χ2v) is 4.16. The maximum Gasteiger partial charge on any atom is 0.0291 e. The molecule has 1 rings (SSSR count). The van der Waals surface area contributed by atoms with Crippen LogP contribution in [0, 0.1) is 13.8 Å². The largest absolute Gasteiger partial charge is 0.330 e. The fourth-order valence-corrected chi connectivity index (χ4v) is 1.57. The van der Waals surface area contributed by atoms with Crippen molar-refractivity contribution in [1.82, 2.24) is 5.32 Å². The SMILES string of the molecule is Cc1ccc(C(C)NCCCN)cc1C. The lowest BCUT2D eigenvalue weighted by molar-refractivity contribution is 0.561. The number of rotatable bonds is 5. The third kappa shape index (κ3) is 3.65. The van der Waals surface area contributed by atoms with Crippen molar-refractivity contribution in [3.8, 4) is 0 Å². The van der Waals surface area contributed by atoms with Gasteiger partial charge in [0, 0.05) is 6.04 Å². The minimum atomic E-state index is 0.413. The molecule has 0 aliphatic heterocycles. The molecule has 0 saturated carbocycles. The van der Waals surface area contributed by atoms with Crippen LogP contribution in [0.2, 0.25) is 0 Å². The van der Waals surface area contributed by atoms with E-state index in [9.17, 15) is 0 Å². The average Bonchev–Trinajstić information content (AvgIpc) is 2.22. The monoisotopic (exact) mass is 206 g/mol. The topological polar surface area (TPSA) is 38.0 Å². The fourth-order valence-electron chi connectivity index (χ4n) is 1.57. The lowest BCUT2D eigenvalue weighted by Crippen LogP contribution is -2.21. The summed E-state index contributed by atoms with van der Waals surface area (Å²) < 4.78 is 0. The van der Waals surface area contributed by atoms with Gasteiger partial charge in [0.1, 0.15) is 0 Å². The molecule has 1 unspecified atom stereocenters. The van der Waals surface area contributed by atoms with Gasteiger partial charge in [-0.05, 0) is 57.0 Å². The second kappa shape index (κ2) is 5.89. The molecule has 0 aromatic heterocycles. The predicted molar refractivity (Wildman–Crippen MR) is 66.0 cm³/mol. The molecule has 2 heteroatoms. The molecule has 3 N–H and O–H groups in total. The van der Waals surface area contributed by atoms with E-state index in [0.717, 1.165) is 19.5 Å². The maximum absolute atomic E-state index is 5.46. The Hall–Kier alpha value is -0.860. The van der Waals surface area contributed by atoms with Crippen molar-refractivity contribution in [2.75, 3.05) is 13.1 Å². The summed E-state index contributed by atoms with van der Waals surface area (Å²) in [6.45, 7) is 8.24. The molecule has 0 spiro atoms. The van der Waals surface area contributed by atoms with Gasteiger partial charge < -0.3 is 11.1 Å². The Morgan fingerprint density at radius 1 is 1.27 bits per heavy atom. The van der Waals surface area contributed by atoms with Gasteiger partial charge in [0.15, 0.2) is 0 Å². The third-order valence-corrected chi connectivity index (χ3v) is 2.86. The van der Waals surface area contributed by atoms with Crippen molar-refractivity contribution >= 4 is 0 Å². The first-order valence-electron chi connectivity index (χ1n) is 5.65. The summed E-state index contributed by atoms with van der Waals surface area (Å²) in [6.07, 6.45) is 1.04. The molecule has 0 aliphatic rings. The summed E-state index contributed by atoms with van der Waals surface area (Å²) in [7, 11) is 0. The number of nitrogens with one attached hydrogen (secondary N) is 1. The first-order chi connectivity index (χ1) is 7.15. The first kappa shape index (κ1) is 12.2. The van der Waals surface area contributed by atoms with E-state index in [4.69, 9.17) is 5.73 Å². The summed E-state index contributed by atoms with van der Waals surface area (Å²) >= 11 is 0. The van der Waals surface area contributed by atoms with Crippen LogP contribution in [0.25, 0.3) is 0 Å². The smallest absolute Gasteiger partial charge is 0.0291 e. The van der Waals surface area contributed by atoms with E-state index in [1.54, 1.807) is 0 Å². The van der Waals surface area contributed by atoms with Crippen molar-refractivity contribution in [3.05, 3.63) is 34.9 Å². The van der Waals surface area contributed by atoms with Gasteiger partial charge in [-0.3, -0.25) is 0 Å². The summed E-state index contributed by atoms with van der Waals surface area (Å²) in [5.74, 6) is 0. The van der Waals surface area contributed by atoms with Gasteiger partial charge in [-0.25, -0.2) is 0 Å². The third-order valence-electron chi connectivity index (χ3n) is 2.86. The van der Waals surface area contributed by atoms with E-state index in [0.29, 0.717) is 6.04 Å². The Morgan fingerprint density at radius 3 is 2.60 bits per heavy atom. The van der Waals surface area contributed by atoms with Gasteiger partial charge in [0.05, 0.1) is 0 Å². The second-order valence-electron chi connectivity index (χ2n) is 4.16. The van der Waals surface area contributed by atoms with Crippen molar-refractivity contribution in [2.45, 2.75) is 33.2 Å². The Balaban J connectivity index is 2.57. The fraction of sp³-hybridized carbons (Fsp3) is 0.538. The standard InChI is InChI=1S/C13H22N2/c1-10-5-6-13(9-11(10)2)12(3)15-8-4-7-14/h5-6,9,12,15H,4,7-8,14H2,1-3H3. The zero-order valence-corrected chi connectivity index (χ0v) is 10.0. The molecular formula is C13H22N2. The van der Waals surface area contributed by atoms with E-state index >= 15 is 0 Å². The first-order valence-corrected chi connectivity index (χ1v) is 5.65. The van der Waals surface area contributed by atoms with Crippen LogP contribution in [-0.4, -0.2) is 13.1 Å². The molecular weight excluding hydrogens is 184 g/mol. The predicted octanol–water partition coefficient (Wildman–Crippen LogP) is 2.30. The van der Waals surface area contributed by atoms with Crippen LogP contribution in [0.1, 0.15) is 36.1 Å². The van der Waals surface area contributed by atoms with Crippen LogP contribution >= 0.6 is 0 Å². The number of benzene rings is 1. The molecule has 1 atom stereocenters. The normalized spacial score (nSPS) is 12.8. The van der Waals surface area contributed by atoms with Crippen molar-refractivity contribution in [1.29, 1.82) is 0 Å². The van der Waals surface area contributed by atoms with Crippen LogP contribution in [0.3, 0.4) is 0 Å². The highest BCUT2D eigenvalue weighted by molar-refractivity contribution is 5.31.